The summed E-state index contributed by atoms with van der Waals surface area (Å²) in [7, 11) is -3.57. The van der Waals surface area contributed by atoms with Crippen LogP contribution in [0.5, 0.6) is 0 Å². The van der Waals surface area contributed by atoms with Crippen molar-refractivity contribution in [3.63, 3.8) is 0 Å². The Kier molecular flexibility index (Phi) is 10.1. The molecule has 1 atom stereocenters. The van der Waals surface area contributed by atoms with Gasteiger partial charge in [-0.15, -0.1) is 10.2 Å². The molecule has 4 aromatic rings. The molecule has 1 amide bonds. The van der Waals surface area contributed by atoms with Crippen LogP contribution in [-0.2, 0) is 14.8 Å². The highest BCUT2D eigenvalue weighted by Gasteiger charge is 2.32. The molecule has 5 rings (SSSR count). The molecule has 224 valence electrons. The van der Waals surface area contributed by atoms with E-state index in [0.717, 1.165) is 46.4 Å². The first-order chi connectivity index (χ1) is 20.8. The number of nitrogens with zero attached hydrogens (tertiary/aromatic N) is 5. The maximum Gasteiger partial charge on any atom is 0.236 e. The zero-order chi connectivity index (χ0) is 30.2. The molecule has 1 fully saturated rings. The quantitative estimate of drug-likeness (QED) is 0.151. The van der Waals surface area contributed by atoms with Crippen LogP contribution >= 0.6 is 11.8 Å². The first kappa shape index (κ1) is 30.7. The Morgan fingerprint density at radius 1 is 0.930 bits per heavy atom. The van der Waals surface area contributed by atoms with Crippen LogP contribution < -0.4 is 0 Å². The van der Waals surface area contributed by atoms with Gasteiger partial charge >= 0.3 is 0 Å². The predicted octanol–water partition coefficient (Wildman–Crippen LogP) is 6.04. The van der Waals surface area contributed by atoms with E-state index in [4.69, 9.17) is 0 Å². The lowest BCUT2D eigenvalue weighted by molar-refractivity contribution is -0.133. The number of para-hydroxylation sites is 1. The van der Waals surface area contributed by atoms with E-state index in [1.807, 2.05) is 55.5 Å². The van der Waals surface area contributed by atoms with Crippen molar-refractivity contribution in [3.05, 3.63) is 101 Å². The molecule has 0 radical (unpaired) electrons. The van der Waals surface area contributed by atoms with Gasteiger partial charge in [0.25, 0.3) is 0 Å². The van der Waals surface area contributed by atoms with E-state index in [2.05, 4.69) is 58.1 Å². The van der Waals surface area contributed by atoms with Gasteiger partial charge in [0, 0.05) is 54.5 Å². The number of unbranched alkanes of at least 4 members (excludes halogenated alkanes) is 1. The number of thioether (sulfide) groups is 1. The number of carbonyl (C=O) groups excluding carboxylic acids is 1. The number of benzene rings is 3. The van der Waals surface area contributed by atoms with Crippen molar-refractivity contribution in [3.8, 4) is 17.1 Å². The van der Waals surface area contributed by atoms with Crippen LogP contribution in [0.1, 0.15) is 37.3 Å². The molecule has 3 aromatic carbocycles. The molecule has 0 bridgehead atoms. The highest BCUT2D eigenvalue weighted by molar-refractivity contribution is 7.99. The molecule has 1 aliphatic rings. The molecule has 10 heteroatoms. The lowest BCUT2D eigenvalue weighted by atomic mass is 10.1. The number of sulfonamides is 1. The standard InChI is InChI=1S/C33H37N5O3S2/c1-26-16-18-29(19-17-26)32-34-35-33(38(32)30-13-7-4-8-14-30)42-23-10-9-15-31(39)36-21-22-37(27(2)25-36)43(40,41)24-20-28-11-5-3-6-12-28/h3-8,11-14,16-20,24,27H,9-10,15,21-23,25H2,1-2H3/b24-20+. The van der Waals surface area contributed by atoms with Gasteiger partial charge in [0.15, 0.2) is 11.0 Å². The third-order valence-electron chi connectivity index (χ3n) is 7.45. The fraction of sp³-hybridized carbons (Fsp3) is 0.303. The van der Waals surface area contributed by atoms with E-state index in [0.29, 0.717) is 26.1 Å². The van der Waals surface area contributed by atoms with Crippen LogP contribution in [-0.4, -0.2) is 69.7 Å². The minimum atomic E-state index is -3.57. The SMILES string of the molecule is Cc1ccc(-c2nnc(SCCCCC(=O)N3CCN(S(=O)(=O)/C=C/c4ccccc4)C(C)C3)n2-c2ccccc2)cc1. The molecule has 0 saturated carbocycles. The molecule has 0 aliphatic carbocycles. The van der Waals surface area contributed by atoms with E-state index >= 15 is 0 Å². The van der Waals surface area contributed by atoms with Crippen molar-refractivity contribution in [1.82, 2.24) is 24.0 Å². The summed E-state index contributed by atoms with van der Waals surface area (Å²) in [6, 6.07) is 27.5. The molecule has 1 unspecified atom stereocenters. The molecular formula is C33H37N5O3S2. The highest BCUT2D eigenvalue weighted by atomic mass is 32.2. The zero-order valence-corrected chi connectivity index (χ0v) is 26.2. The van der Waals surface area contributed by atoms with Crippen LogP contribution in [0.2, 0.25) is 0 Å². The molecule has 8 nitrogen and oxygen atoms in total. The van der Waals surface area contributed by atoms with E-state index < -0.39 is 10.0 Å². The Morgan fingerprint density at radius 2 is 1.63 bits per heavy atom. The van der Waals surface area contributed by atoms with E-state index in [1.165, 1.54) is 15.3 Å². The van der Waals surface area contributed by atoms with Gasteiger partial charge in [-0.05, 0) is 50.5 Å². The van der Waals surface area contributed by atoms with Crippen molar-refractivity contribution >= 4 is 33.8 Å². The second kappa shape index (κ2) is 14.2. The first-order valence-corrected chi connectivity index (χ1v) is 17.0. The molecule has 1 aromatic heterocycles. The summed E-state index contributed by atoms with van der Waals surface area (Å²) < 4.78 is 29.5. The fourth-order valence-corrected chi connectivity index (χ4v) is 7.46. The van der Waals surface area contributed by atoms with Crippen LogP contribution in [0.15, 0.2) is 95.5 Å². The Hall–Kier alpha value is -3.73. The van der Waals surface area contributed by atoms with Crippen LogP contribution in [0.3, 0.4) is 0 Å². The molecule has 2 heterocycles. The summed E-state index contributed by atoms with van der Waals surface area (Å²) in [5, 5.41) is 11.1. The van der Waals surface area contributed by atoms with Gasteiger partial charge in [0.2, 0.25) is 15.9 Å². The number of hydrogen-bond acceptors (Lipinski definition) is 6. The largest absolute Gasteiger partial charge is 0.340 e. The zero-order valence-electron chi connectivity index (χ0n) is 24.5. The third-order valence-corrected chi connectivity index (χ3v) is 10.1. The van der Waals surface area contributed by atoms with Crippen LogP contribution in [0.25, 0.3) is 23.2 Å². The van der Waals surface area contributed by atoms with Gasteiger partial charge in [-0.2, -0.15) is 4.31 Å². The lowest BCUT2D eigenvalue weighted by Gasteiger charge is -2.38. The smallest absolute Gasteiger partial charge is 0.236 e. The Bertz CT molecular complexity index is 1640. The second-order valence-electron chi connectivity index (χ2n) is 10.7. The van der Waals surface area contributed by atoms with E-state index in [9.17, 15) is 13.2 Å². The molecular weight excluding hydrogens is 579 g/mol. The van der Waals surface area contributed by atoms with Crippen molar-refractivity contribution in [1.29, 1.82) is 0 Å². The average molecular weight is 616 g/mol. The summed E-state index contributed by atoms with van der Waals surface area (Å²) in [4.78, 5) is 14.8. The molecule has 0 spiro atoms. The number of aromatic nitrogens is 3. The maximum atomic E-state index is 13.0. The average Bonchev–Trinajstić information content (AvgIpc) is 3.44. The first-order valence-electron chi connectivity index (χ1n) is 14.6. The highest BCUT2D eigenvalue weighted by Crippen LogP contribution is 2.29. The van der Waals surface area contributed by atoms with Crippen molar-refractivity contribution in [2.75, 3.05) is 25.4 Å². The maximum absolute atomic E-state index is 13.0. The monoisotopic (exact) mass is 615 g/mol. The lowest BCUT2D eigenvalue weighted by Crippen LogP contribution is -2.54. The second-order valence-corrected chi connectivity index (χ2v) is 13.5. The minimum absolute atomic E-state index is 0.0721. The van der Waals surface area contributed by atoms with Crippen molar-refractivity contribution in [2.45, 2.75) is 44.3 Å². The summed E-state index contributed by atoms with van der Waals surface area (Å²) in [6.07, 6.45) is 3.66. The Labute approximate surface area is 258 Å². The normalized spacial score (nSPS) is 16.1. The minimum Gasteiger partial charge on any atom is -0.340 e. The third kappa shape index (κ3) is 7.81. The van der Waals surface area contributed by atoms with Crippen molar-refractivity contribution in [2.24, 2.45) is 0 Å². The van der Waals surface area contributed by atoms with Crippen molar-refractivity contribution < 1.29 is 13.2 Å². The number of rotatable bonds is 11. The number of piperazine rings is 1. The van der Waals surface area contributed by atoms with Gasteiger partial charge in [-0.1, -0.05) is 90.1 Å². The predicted molar refractivity (Wildman–Crippen MR) is 173 cm³/mol. The number of carbonyl (C=O) groups is 1. The summed E-state index contributed by atoms with van der Waals surface area (Å²) in [6.45, 7) is 5.02. The number of aryl methyl sites for hydroxylation is 1. The summed E-state index contributed by atoms with van der Waals surface area (Å²) in [5.74, 6) is 1.68. The van der Waals surface area contributed by atoms with Gasteiger partial charge in [-0.3, -0.25) is 9.36 Å². The molecule has 1 aliphatic heterocycles. The fourth-order valence-electron chi connectivity index (χ4n) is 5.12. The van der Waals surface area contributed by atoms with Gasteiger partial charge in [-0.25, -0.2) is 8.42 Å². The molecule has 0 N–H and O–H groups in total. The Balaban J connectivity index is 1.12. The Morgan fingerprint density at radius 3 is 2.33 bits per heavy atom. The summed E-state index contributed by atoms with van der Waals surface area (Å²) >= 11 is 1.64. The van der Waals surface area contributed by atoms with Gasteiger partial charge in [0.05, 0.1) is 0 Å². The van der Waals surface area contributed by atoms with Crippen LogP contribution in [0, 0.1) is 6.92 Å². The molecule has 1 saturated heterocycles. The van der Waals surface area contributed by atoms with Crippen LogP contribution in [0.4, 0.5) is 0 Å². The summed E-state index contributed by atoms with van der Waals surface area (Å²) in [5.41, 5.74) is 4.04. The van der Waals surface area contributed by atoms with E-state index in [1.54, 1.807) is 22.7 Å². The van der Waals surface area contributed by atoms with E-state index in [-0.39, 0.29) is 11.9 Å². The topological polar surface area (TPSA) is 88.4 Å². The number of amides is 1. The number of hydrogen-bond donors (Lipinski definition) is 0. The van der Waals surface area contributed by atoms with Gasteiger partial charge < -0.3 is 4.90 Å². The van der Waals surface area contributed by atoms with Gasteiger partial charge in [0.1, 0.15) is 0 Å². The molecule has 43 heavy (non-hydrogen) atoms.